The second-order valence-electron chi connectivity index (χ2n) is 34.2. The van der Waals surface area contributed by atoms with E-state index in [1.54, 1.807) is 123 Å². The summed E-state index contributed by atoms with van der Waals surface area (Å²) in [4.78, 5) is 23.0. The number of thiophene rings is 4. The third-order valence-corrected chi connectivity index (χ3v) is 43.5. The van der Waals surface area contributed by atoms with Gasteiger partial charge >= 0.3 is 58.9 Å². The number of aliphatic hydroxyl groups excluding tert-OH is 1. The molecular weight excluding hydrogens is 2200 g/mol. The molecular formula is C118H101F9I2N3O6S7+9. The van der Waals surface area contributed by atoms with Crippen molar-refractivity contribution in [2.45, 2.75) is 58.8 Å². The van der Waals surface area contributed by atoms with E-state index in [0.717, 1.165) is 23.9 Å². The quantitative estimate of drug-likeness (QED) is 0.0310. The fourth-order valence-corrected chi connectivity index (χ4v) is 36.3. The second-order valence-corrected chi connectivity index (χ2v) is 54.1. The van der Waals surface area contributed by atoms with Gasteiger partial charge in [-0.25, -0.2) is 5.43 Å². The number of nitro groups is 1. The van der Waals surface area contributed by atoms with Crippen LogP contribution in [0.25, 0.3) is 135 Å². The summed E-state index contributed by atoms with van der Waals surface area (Å²) < 4.78 is 130. The van der Waals surface area contributed by atoms with Crippen LogP contribution >= 0.6 is 41.9 Å². The number of rotatable bonds is 7. The Balaban J connectivity index is 0.000000117. The summed E-state index contributed by atoms with van der Waals surface area (Å²) in [5.74, 6) is 4.98. The molecule has 1 atom stereocenters. The average molecular weight is 2310 g/mol. The van der Waals surface area contributed by atoms with Gasteiger partial charge in [0.15, 0.2) is 47.4 Å². The van der Waals surface area contributed by atoms with Gasteiger partial charge in [-0.1, -0.05) is 182 Å². The van der Waals surface area contributed by atoms with Crippen LogP contribution in [0, 0.1) is 43.1 Å². The van der Waals surface area contributed by atoms with Crippen molar-refractivity contribution in [1.82, 2.24) is 0 Å². The highest BCUT2D eigenvalue weighted by atomic mass is 127. The number of halogens is 11. The van der Waals surface area contributed by atoms with Crippen molar-refractivity contribution in [2.75, 3.05) is 49.1 Å². The molecule has 0 saturated carbocycles. The normalized spacial score (nSPS) is 12.4. The molecule has 1 unspecified atom stereocenters. The Morgan fingerprint density at radius 1 is 0.352 bits per heavy atom. The number of hydrogen-bond acceptors (Lipinski definition) is 7. The molecule has 27 heteroatoms. The van der Waals surface area contributed by atoms with Gasteiger partial charge in [-0.05, 0) is 252 Å². The Bertz CT molecular complexity index is 8000. The van der Waals surface area contributed by atoms with Crippen LogP contribution in [0.1, 0.15) is 29.5 Å². The molecule has 1 fully saturated rings. The number of nitrogens with one attached hydrogen (secondary N) is 1. The number of benzene rings is 18. The van der Waals surface area contributed by atoms with E-state index in [2.05, 4.69) is 244 Å². The molecule has 7 heterocycles. The molecule has 4 N–H and O–H groups in total. The zero-order valence-electron chi connectivity index (χ0n) is 79.9. The van der Waals surface area contributed by atoms with Crippen molar-refractivity contribution in [3.05, 3.63) is 428 Å². The van der Waals surface area contributed by atoms with E-state index in [-0.39, 0.29) is 89.8 Å². The molecule has 734 valence electrons. The summed E-state index contributed by atoms with van der Waals surface area (Å²) in [6.07, 6.45) is 14.0. The molecule has 3 aliphatic heterocycles. The summed E-state index contributed by atoms with van der Waals surface area (Å²) >= 11 is 0.172. The van der Waals surface area contributed by atoms with Crippen molar-refractivity contribution in [2.24, 2.45) is 11.5 Å². The maximum atomic E-state index is 13.5. The van der Waals surface area contributed by atoms with Crippen molar-refractivity contribution in [3.63, 3.8) is 0 Å². The first-order chi connectivity index (χ1) is 69.9. The number of phenolic OH excluding ortho intramolecular Hbond substituents is 2. The summed E-state index contributed by atoms with van der Waals surface area (Å²) in [6, 6.07) is 123. The standard InChI is InChI=1S/C15H17S.C14H12I.C13H6F3N3O3S.2C13H8F3S.C13H11S.C12H8I.2C12H12OS.CH4O/c1-2-6-15-11-13(7-8-14(15)5-1)12-16-9-3-4-10-16;1-9-3-5-11-12-6-4-10(2)8-14(12)15-13(11)7-9;14-13(15,16)23-11-5-7(17-18-20)1-3-9(11)10-4-2-8(19(21)22)6-12(10)23;2*14-13(15,16)17-11-7-3-1-5-9(11)10-6-2-4-8-12(10)17;1-14-12-8-4-2-6-10(12)11-7-3-5-9-13(11)14;1-3-7-11-9(5-1)10-6-2-4-8-12(10)13-11;2*1-14(2)12-8-7-11(13)9-5-3-4-6-10(9)12;1-2/h1-2,5-8,11H,3-4,9-10,12H2;3-8H,1-2H3;1-6H;2*1-8H;2-9H,1H3;1-8H;2*3-8H,1-2H3;2H,1H3/q2*+1;;4*+1;;;/p+3. The zero-order chi connectivity index (χ0) is 103. The minimum atomic E-state index is -4.59. The summed E-state index contributed by atoms with van der Waals surface area (Å²) in [6.45, 7) is 4.36. The molecule has 1 saturated heterocycles. The lowest BCUT2D eigenvalue weighted by Crippen LogP contribution is -3.61. The van der Waals surface area contributed by atoms with E-state index in [0.29, 0.717) is 73.5 Å². The largest absolute Gasteiger partial charge is 0.601 e. The first-order valence-corrected chi connectivity index (χ1v) is 61.3. The Hall–Kier alpha value is -12.1. The maximum absolute atomic E-state index is 13.5. The Labute approximate surface area is 874 Å². The number of non-ortho nitro benzene ring substituents is 1. The number of aromatic hydroxyl groups is 2. The van der Waals surface area contributed by atoms with E-state index >= 15 is 0 Å². The number of nitrogens with zero attached hydrogens (tertiary/aromatic N) is 2. The van der Waals surface area contributed by atoms with E-state index in [4.69, 9.17) is 5.11 Å². The van der Waals surface area contributed by atoms with Crippen LogP contribution in [0.3, 0.4) is 0 Å². The molecule has 3 aliphatic rings. The SMILES string of the molecule is CO.C[S+](C)c1ccc(O)c2ccccc12.C[S+](C)c1ccc(O)c2ccccc12.C[s+]1c2ccccc2c2ccccc21.Cc1ccc2c(c1)[I+]c1cc(C)ccc1-2.FC(F)(F)[s+]1c2ccccc2c2ccccc21.FC(F)(F)[s+]1c2ccccc2c2ccccc21.O=NNc1ccc2c3ccc([N+](=O)[O-])cc3[s+](C(F)(F)F)c2c1.c1ccc2c(c1)[I+]c1ccccc1-2.c1ccc2cc(C[S+]3CCCC3)ccc2c1. The van der Waals surface area contributed by atoms with Crippen molar-refractivity contribution < 1.29 is 102 Å². The van der Waals surface area contributed by atoms with Gasteiger partial charge in [-0.2, -0.15) is 0 Å². The molecule has 145 heavy (non-hydrogen) atoms. The van der Waals surface area contributed by atoms with E-state index < -0.39 is 58.5 Å². The van der Waals surface area contributed by atoms with E-state index in [9.17, 15) is 64.7 Å². The number of phenols is 2. The maximum Gasteiger partial charge on any atom is 0.601 e. The summed E-state index contributed by atoms with van der Waals surface area (Å²) in [7, 11) is -3.50. The zero-order valence-corrected chi connectivity index (χ0v) is 89.9. The van der Waals surface area contributed by atoms with Crippen LogP contribution in [0.2, 0.25) is 0 Å². The molecule has 22 aromatic rings. The highest BCUT2D eigenvalue weighted by Gasteiger charge is 2.50. The van der Waals surface area contributed by atoms with Gasteiger partial charge in [0, 0.05) is 133 Å². The fourth-order valence-electron chi connectivity index (χ4n) is 17.9. The average Bonchev–Trinajstić information content (AvgIpc) is 1.58. The van der Waals surface area contributed by atoms with Gasteiger partial charge in [-0.3, -0.25) is 10.1 Å². The van der Waals surface area contributed by atoms with Gasteiger partial charge < -0.3 is 15.3 Å². The fraction of sp³-hybridized carbons (Fsp3) is 0.136. The minimum absolute atomic E-state index is 0.0401. The molecule has 0 radical (unpaired) electrons. The third-order valence-electron chi connectivity index (χ3n) is 24.4. The summed E-state index contributed by atoms with van der Waals surface area (Å²) in [5.41, 5.74) is -1.03. The highest BCUT2D eigenvalue weighted by Crippen LogP contribution is 2.58. The number of aryl methyl sites for hydroxylation is 3. The molecule has 25 rings (SSSR count). The van der Waals surface area contributed by atoms with E-state index in [1.807, 2.05) is 48.5 Å². The second kappa shape index (κ2) is 47.1. The van der Waals surface area contributed by atoms with Gasteiger partial charge in [0.1, 0.15) is 91.4 Å². The monoisotopic (exact) mass is 2300 g/mol. The van der Waals surface area contributed by atoms with Crippen LogP contribution in [0.15, 0.2) is 397 Å². The number of nitroso groups, excluding NO2 is 1. The molecule has 0 spiro atoms. The minimum Gasteiger partial charge on any atom is -0.507 e. The smallest absolute Gasteiger partial charge is 0.507 e. The number of alkyl halides is 9. The molecule has 0 amide bonds. The lowest BCUT2D eigenvalue weighted by Gasteiger charge is -2.04. The molecule has 9 nitrogen and oxygen atoms in total. The molecule has 4 aromatic heterocycles. The van der Waals surface area contributed by atoms with Gasteiger partial charge in [0.2, 0.25) is 14.3 Å². The van der Waals surface area contributed by atoms with Crippen molar-refractivity contribution in [3.8, 4) is 33.8 Å². The highest BCUT2D eigenvalue weighted by molar-refractivity contribution is 7.96. The molecule has 0 bridgehead atoms. The third kappa shape index (κ3) is 24.1. The van der Waals surface area contributed by atoms with Crippen LogP contribution in [0.5, 0.6) is 11.5 Å². The van der Waals surface area contributed by atoms with Crippen molar-refractivity contribution in [1.29, 1.82) is 0 Å². The Morgan fingerprint density at radius 3 is 1.09 bits per heavy atom. The van der Waals surface area contributed by atoms with Crippen LogP contribution < -0.4 is 47.8 Å². The predicted octanol–water partition coefficient (Wildman–Crippen LogP) is 29.1. The lowest BCUT2D eigenvalue weighted by molar-refractivity contribution is -0.590. The number of aliphatic hydroxyl groups is 1. The van der Waals surface area contributed by atoms with E-state index in [1.165, 1.54) is 151 Å². The van der Waals surface area contributed by atoms with Gasteiger partial charge in [0.25, 0.3) is 5.69 Å². The topological polar surface area (TPSA) is 145 Å². The molecule has 18 aromatic carbocycles. The van der Waals surface area contributed by atoms with Crippen LogP contribution in [-0.2, 0) is 61.2 Å². The first kappa shape index (κ1) is 106. The predicted molar refractivity (Wildman–Crippen MR) is 593 cm³/mol. The lowest BCUT2D eigenvalue weighted by atomic mass is 10.0. The number of anilines is 1. The molecule has 0 aliphatic carbocycles. The van der Waals surface area contributed by atoms with Crippen molar-refractivity contribution >= 4 is 199 Å². The number of fused-ring (bicyclic) bond motifs is 21. The van der Waals surface area contributed by atoms with Gasteiger partial charge in [-0.15, -0.1) is 44.4 Å². The van der Waals surface area contributed by atoms with Crippen LogP contribution in [-0.4, -0.2) is 63.9 Å². The van der Waals surface area contributed by atoms with Crippen LogP contribution in [0.4, 0.5) is 50.9 Å². The van der Waals surface area contributed by atoms with Gasteiger partial charge in [0.05, 0.1) is 22.0 Å². The number of hydrogen-bond donors (Lipinski definition) is 4. The summed E-state index contributed by atoms with van der Waals surface area (Å²) in [5, 5.41) is 53.0. The Morgan fingerprint density at radius 2 is 0.683 bits per heavy atom. The Kier molecular flexibility index (Phi) is 34.4. The first-order valence-electron chi connectivity index (χ1n) is 45.9. The number of nitro benzene ring substituents is 1.